The maximum atomic E-state index is 4.80. The maximum Gasteiger partial charge on any atom is 0.183 e. The highest BCUT2D eigenvalue weighted by Gasteiger charge is 2.14. The average molecular weight is 355 g/mol. The van der Waals surface area contributed by atoms with Gasteiger partial charge in [0.25, 0.3) is 0 Å². The van der Waals surface area contributed by atoms with E-state index in [-0.39, 0.29) is 0 Å². The van der Waals surface area contributed by atoms with Crippen molar-refractivity contribution >= 4 is 53.4 Å². The zero-order chi connectivity index (χ0) is 16.5. The molecule has 6 heteroatoms. The molecular weight excluding hydrogens is 336 g/mol. The first-order valence-electron chi connectivity index (χ1n) is 8.07. The molecule has 4 nitrogen and oxygen atoms in total. The summed E-state index contributed by atoms with van der Waals surface area (Å²) in [4.78, 5) is 9.49. The molecule has 0 amide bonds. The number of rotatable bonds is 5. The Kier molecular flexibility index (Phi) is 4.08. The Morgan fingerprint density at radius 2 is 1.54 bits per heavy atom. The van der Waals surface area contributed by atoms with Crippen molar-refractivity contribution in [2.24, 2.45) is 0 Å². The quantitative estimate of drug-likeness (QED) is 0.501. The van der Waals surface area contributed by atoms with Crippen LogP contribution in [0, 0.1) is 0 Å². The summed E-state index contributed by atoms with van der Waals surface area (Å²) in [6, 6.07) is 12.7. The second-order valence-electron chi connectivity index (χ2n) is 5.40. The molecule has 0 radical (unpaired) electrons. The van der Waals surface area contributed by atoms with Crippen LogP contribution < -0.4 is 10.6 Å². The molecule has 0 aliphatic rings. The first-order valence-corrected chi connectivity index (χ1v) is 9.70. The molecule has 2 aromatic carbocycles. The number of anilines is 2. The SMILES string of the molecule is CCNc1nc2c(-c3cccc4nc(NCC)sc34)cccc2s1. The smallest absolute Gasteiger partial charge is 0.183 e. The van der Waals surface area contributed by atoms with Crippen molar-refractivity contribution in [2.75, 3.05) is 23.7 Å². The van der Waals surface area contributed by atoms with Gasteiger partial charge >= 0.3 is 0 Å². The molecule has 4 aromatic rings. The lowest BCUT2D eigenvalue weighted by molar-refractivity contribution is 1.20. The zero-order valence-electron chi connectivity index (χ0n) is 13.6. The van der Waals surface area contributed by atoms with Crippen molar-refractivity contribution in [3.05, 3.63) is 36.4 Å². The third kappa shape index (κ3) is 2.61. The lowest BCUT2D eigenvalue weighted by Crippen LogP contribution is -1.94. The maximum absolute atomic E-state index is 4.80. The van der Waals surface area contributed by atoms with Crippen molar-refractivity contribution in [1.82, 2.24) is 9.97 Å². The van der Waals surface area contributed by atoms with Gasteiger partial charge in [-0.25, -0.2) is 9.97 Å². The van der Waals surface area contributed by atoms with Gasteiger partial charge in [-0.05, 0) is 26.0 Å². The Balaban J connectivity index is 1.92. The number of hydrogen-bond donors (Lipinski definition) is 2. The lowest BCUT2D eigenvalue weighted by Gasteiger charge is -2.03. The largest absolute Gasteiger partial charge is 0.362 e. The van der Waals surface area contributed by atoms with Gasteiger partial charge in [-0.15, -0.1) is 0 Å². The van der Waals surface area contributed by atoms with Crippen LogP contribution in [0.5, 0.6) is 0 Å². The summed E-state index contributed by atoms with van der Waals surface area (Å²) in [7, 11) is 0. The minimum atomic E-state index is 0.878. The number of thiazole rings is 2. The van der Waals surface area contributed by atoms with Gasteiger partial charge in [0.2, 0.25) is 0 Å². The molecule has 4 rings (SSSR count). The zero-order valence-corrected chi connectivity index (χ0v) is 15.2. The van der Waals surface area contributed by atoms with E-state index >= 15 is 0 Å². The Morgan fingerprint density at radius 1 is 0.833 bits per heavy atom. The molecule has 0 unspecified atom stereocenters. The fourth-order valence-electron chi connectivity index (χ4n) is 2.78. The molecule has 0 saturated carbocycles. The van der Waals surface area contributed by atoms with Crippen LogP contribution in [0.4, 0.5) is 10.3 Å². The summed E-state index contributed by atoms with van der Waals surface area (Å²) in [5.41, 5.74) is 4.47. The van der Waals surface area contributed by atoms with Gasteiger partial charge in [0.05, 0.1) is 20.4 Å². The first kappa shape index (κ1) is 15.4. The van der Waals surface area contributed by atoms with E-state index in [4.69, 9.17) is 4.98 Å². The van der Waals surface area contributed by atoms with Crippen LogP contribution in [0.3, 0.4) is 0 Å². The van der Waals surface area contributed by atoms with Gasteiger partial charge in [-0.3, -0.25) is 0 Å². The first-order chi connectivity index (χ1) is 11.8. The molecule has 2 N–H and O–H groups in total. The fourth-order valence-corrected chi connectivity index (χ4v) is 4.80. The summed E-state index contributed by atoms with van der Waals surface area (Å²) in [6.45, 7) is 5.94. The number of nitrogens with one attached hydrogen (secondary N) is 2. The molecule has 0 aliphatic heterocycles. The van der Waals surface area contributed by atoms with E-state index in [1.54, 1.807) is 22.7 Å². The van der Waals surface area contributed by atoms with E-state index in [0.29, 0.717) is 0 Å². The second kappa shape index (κ2) is 6.37. The second-order valence-corrected chi connectivity index (χ2v) is 7.43. The van der Waals surface area contributed by atoms with E-state index in [2.05, 4.69) is 65.9 Å². The minimum Gasteiger partial charge on any atom is -0.362 e. The monoisotopic (exact) mass is 354 g/mol. The van der Waals surface area contributed by atoms with Gasteiger partial charge in [0.15, 0.2) is 10.3 Å². The Hall–Kier alpha value is -2.18. The molecule has 0 fully saturated rings. The van der Waals surface area contributed by atoms with E-state index < -0.39 is 0 Å². The molecule has 0 atom stereocenters. The van der Waals surface area contributed by atoms with Gasteiger partial charge in [-0.1, -0.05) is 46.9 Å². The van der Waals surface area contributed by atoms with Crippen molar-refractivity contribution in [1.29, 1.82) is 0 Å². The molecular formula is C18H18N4S2. The summed E-state index contributed by atoms with van der Waals surface area (Å²) in [5.74, 6) is 0. The molecule has 2 aromatic heterocycles. The van der Waals surface area contributed by atoms with Crippen LogP contribution >= 0.6 is 22.7 Å². The summed E-state index contributed by atoms with van der Waals surface area (Å²) in [5, 5.41) is 8.59. The van der Waals surface area contributed by atoms with Crippen molar-refractivity contribution in [2.45, 2.75) is 13.8 Å². The Bertz CT molecular complexity index is 921. The average Bonchev–Trinajstić information content (AvgIpc) is 3.17. The van der Waals surface area contributed by atoms with E-state index in [0.717, 1.165) is 34.4 Å². The molecule has 0 aliphatic carbocycles. The van der Waals surface area contributed by atoms with Crippen LogP contribution in [0.15, 0.2) is 36.4 Å². The molecule has 0 spiro atoms. The third-order valence-electron chi connectivity index (χ3n) is 3.78. The van der Waals surface area contributed by atoms with E-state index in [1.165, 1.54) is 20.5 Å². The van der Waals surface area contributed by atoms with Crippen molar-refractivity contribution in [3.8, 4) is 11.1 Å². The predicted molar refractivity (Wildman–Crippen MR) is 107 cm³/mol. The summed E-state index contributed by atoms with van der Waals surface area (Å²) < 4.78 is 2.41. The summed E-state index contributed by atoms with van der Waals surface area (Å²) >= 11 is 3.41. The third-order valence-corrected chi connectivity index (χ3v) is 5.82. The highest BCUT2D eigenvalue weighted by Crippen LogP contribution is 2.39. The molecule has 122 valence electrons. The Morgan fingerprint density at radius 3 is 2.33 bits per heavy atom. The molecule has 0 saturated heterocycles. The van der Waals surface area contributed by atoms with Crippen LogP contribution in [0.2, 0.25) is 0 Å². The van der Waals surface area contributed by atoms with Gasteiger partial charge in [0, 0.05) is 24.2 Å². The van der Waals surface area contributed by atoms with Crippen LogP contribution in [0.1, 0.15) is 13.8 Å². The van der Waals surface area contributed by atoms with Gasteiger partial charge in [-0.2, -0.15) is 0 Å². The number of hydrogen-bond acceptors (Lipinski definition) is 6. The number of fused-ring (bicyclic) bond motifs is 2. The number of para-hydroxylation sites is 1. The van der Waals surface area contributed by atoms with E-state index in [9.17, 15) is 0 Å². The fraction of sp³-hybridized carbons (Fsp3) is 0.222. The highest BCUT2D eigenvalue weighted by atomic mass is 32.1. The van der Waals surface area contributed by atoms with Gasteiger partial charge in [0.1, 0.15) is 0 Å². The van der Waals surface area contributed by atoms with Crippen molar-refractivity contribution in [3.63, 3.8) is 0 Å². The number of aromatic nitrogens is 2. The predicted octanol–water partition coefficient (Wildman–Crippen LogP) is 5.44. The standard InChI is InChI=1S/C18H18N4S2/c1-3-19-17-21-13-9-5-8-12(16(13)24-17)11-7-6-10-14-15(11)22-18(23-14)20-4-2/h5-10H,3-4H2,1-2H3,(H,19,21)(H,20,22). The van der Waals surface area contributed by atoms with Crippen LogP contribution in [-0.2, 0) is 0 Å². The minimum absolute atomic E-state index is 0.878. The lowest BCUT2D eigenvalue weighted by atomic mass is 10.0. The van der Waals surface area contributed by atoms with Crippen LogP contribution in [0.25, 0.3) is 31.6 Å². The van der Waals surface area contributed by atoms with Crippen LogP contribution in [-0.4, -0.2) is 23.1 Å². The molecule has 0 bridgehead atoms. The molecule has 24 heavy (non-hydrogen) atoms. The number of nitrogens with zero attached hydrogens (tertiary/aromatic N) is 2. The number of benzene rings is 2. The van der Waals surface area contributed by atoms with E-state index in [1.807, 2.05) is 0 Å². The topological polar surface area (TPSA) is 49.8 Å². The molecule has 2 heterocycles. The summed E-state index contributed by atoms with van der Waals surface area (Å²) in [6.07, 6.45) is 0. The normalized spacial score (nSPS) is 11.2. The van der Waals surface area contributed by atoms with Crippen molar-refractivity contribution < 1.29 is 0 Å². The highest BCUT2D eigenvalue weighted by molar-refractivity contribution is 7.23. The van der Waals surface area contributed by atoms with Gasteiger partial charge < -0.3 is 10.6 Å². The Labute approximate surface area is 148 Å².